The lowest BCUT2D eigenvalue weighted by Crippen LogP contribution is -2.50. The van der Waals surface area contributed by atoms with Crippen molar-refractivity contribution in [1.82, 2.24) is 16.0 Å². The van der Waals surface area contributed by atoms with Crippen molar-refractivity contribution in [3.05, 3.63) is 29.3 Å². The number of imide groups is 1. The lowest BCUT2D eigenvalue weighted by atomic mass is 9.95. The highest BCUT2D eigenvalue weighted by Gasteiger charge is 2.24. The highest BCUT2D eigenvalue weighted by atomic mass is 16.2. The quantitative estimate of drug-likeness (QED) is 0.754. The zero-order chi connectivity index (χ0) is 20.2. The second-order valence-corrected chi connectivity index (χ2v) is 8.21. The molecule has 0 spiro atoms. The number of hydrogen-bond donors (Lipinski definition) is 3. The molecule has 2 rings (SSSR count). The van der Waals surface area contributed by atoms with Gasteiger partial charge in [0.2, 0.25) is 5.91 Å². The van der Waals surface area contributed by atoms with Crippen molar-refractivity contribution in [2.45, 2.75) is 59.0 Å². The van der Waals surface area contributed by atoms with Crippen molar-refractivity contribution in [2.24, 2.45) is 0 Å². The maximum Gasteiger partial charge on any atom is 0.321 e. The van der Waals surface area contributed by atoms with Crippen LogP contribution in [0, 0.1) is 0 Å². The molecule has 1 aromatic carbocycles. The lowest BCUT2D eigenvalue weighted by molar-refractivity contribution is -0.118. The topological polar surface area (TPSA) is 90.5 Å². The summed E-state index contributed by atoms with van der Waals surface area (Å²) in [5.74, 6) is -0.473. The molecule has 27 heavy (non-hydrogen) atoms. The monoisotopic (exact) mass is 374 g/mol. The Kier molecular flexibility index (Phi) is 6.46. The minimum Gasteiger partial charge on any atom is -0.362 e. The van der Waals surface area contributed by atoms with E-state index in [0.29, 0.717) is 12.1 Å². The number of hydrogen-bond acceptors (Lipinski definition) is 4. The zero-order valence-corrected chi connectivity index (χ0v) is 16.8. The smallest absolute Gasteiger partial charge is 0.321 e. The molecule has 0 fully saturated rings. The van der Waals surface area contributed by atoms with E-state index in [9.17, 15) is 14.4 Å². The van der Waals surface area contributed by atoms with Crippen LogP contribution in [0.4, 0.5) is 10.5 Å². The summed E-state index contributed by atoms with van der Waals surface area (Å²) in [4.78, 5) is 38.6. The zero-order valence-electron chi connectivity index (χ0n) is 16.8. The molecule has 0 saturated carbocycles. The van der Waals surface area contributed by atoms with E-state index in [1.807, 2.05) is 57.7 Å². The Morgan fingerprint density at radius 1 is 1.19 bits per heavy atom. The van der Waals surface area contributed by atoms with Gasteiger partial charge >= 0.3 is 6.03 Å². The Morgan fingerprint density at radius 2 is 1.89 bits per heavy atom. The molecular formula is C20H30N4O3. The average Bonchev–Trinajstić information content (AvgIpc) is 2.51. The van der Waals surface area contributed by atoms with Crippen LogP contribution in [0.5, 0.6) is 0 Å². The van der Waals surface area contributed by atoms with E-state index < -0.39 is 11.6 Å². The Hall–Kier alpha value is -2.57. The van der Waals surface area contributed by atoms with E-state index in [-0.39, 0.29) is 24.4 Å². The fourth-order valence-corrected chi connectivity index (χ4v) is 3.13. The van der Waals surface area contributed by atoms with Crippen LogP contribution in [0.15, 0.2) is 18.2 Å². The Morgan fingerprint density at radius 3 is 2.52 bits per heavy atom. The molecule has 0 radical (unpaired) electrons. The Bertz CT molecular complexity index is 722. The first-order valence-electron chi connectivity index (χ1n) is 9.36. The summed E-state index contributed by atoms with van der Waals surface area (Å²) in [5.41, 5.74) is 2.07. The number of fused-ring (bicyclic) bond motifs is 1. The fourth-order valence-electron chi connectivity index (χ4n) is 3.13. The van der Waals surface area contributed by atoms with Crippen molar-refractivity contribution in [3.63, 3.8) is 0 Å². The molecule has 0 aliphatic carbocycles. The predicted octanol–water partition coefficient (Wildman–Crippen LogP) is 2.20. The summed E-state index contributed by atoms with van der Waals surface area (Å²) in [6.07, 6.45) is 1.64. The average molecular weight is 374 g/mol. The number of carbonyl (C=O) groups excluding carboxylic acids is 3. The van der Waals surface area contributed by atoms with Gasteiger partial charge in [-0.3, -0.25) is 14.9 Å². The first kappa shape index (κ1) is 20.7. The summed E-state index contributed by atoms with van der Waals surface area (Å²) in [6.45, 7) is 10.2. The summed E-state index contributed by atoms with van der Waals surface area (Å²) in [6, 6.07) is 5.12. The SMILES string of the molecule is CC(C)NC(=O)c1cccc2c1CCCN2CC(=O)NC(=O)NC(C)(C)C. The highest BCUT2D eigenvalue weighted by molar-refractivity contribution is 5.99. The number of urea groups is 1. The third-order valence-electron chi connectivity index (χ3n) is 4.09. The number of rotatable bonds is 4. The summed E-state index contributed by atoms with van der Waals surface area (Å²) >= 11 is 0. The van der Waals surface area contributed by atoms with Gasteiger partial charge in [0.25, 0.3) is 5.91 Å². The standard InChI is InChI=1S/C20H30N4O3/c1-13(2)21-18(26)15-8-6-10-16-14(15)9-7-11-24(16)12-17(25)22-19(27)23-20(3,4)5/h6,8,10,13H,7,9,11-12H2,1-5H3,(H,21,26)(H2,22,23,25,27). The Labute approximate surface area is 160 Å². The molecule has 7 heteroatoms. The van der Waals surface area contributed by atoms with E-state index >= 15 is 0 Å². The van der Waals surface area contributed by atoms with Gasteiger partial charge in [-0.25, -0.2) is 4.79 Å². The van der Waals surface area contributed by atoms with Gasteiger partial charge in [-0.05, 0) is 65.2 Å². The second-order valence-electron chi connectivity index (χ2n) is 8.21. The number of amides is 4. The van der Waals surface area contributed by atoms with Crippen molar-refractivity contribution < 1.29 is 14.4 Å². The second kappa shape index (κ2) is 8.41. The van der Waals surface area contributed by atoms with Crippen LogP contribution in [0.25, 0.3) is 0 Å². The van der Waals surface area contributed by atoms with Crippen molar-refractivity contribution in [1.29, 1.82) is 0 Å². The minimum absolute atomic E-state index is 0.0557. The van der Waals surface area contributed by atoms with Gasteiger partial charge in [0.05, 0.1) is 6.54 Å². The van der Waals surface area contributed by atoms with E-state index in [4.69, 9.17) is 0 Å². The first-order chi connectivity index (χ1) is 12.6. The maximum atomic E-state index is 12.5. The van der Waals surface area contributed by atoms with Gasteiger partial charge in [0.1, 0.15) is 0 Å². The van der Waals surface area contributed by atoms with Gasteiger partial charge in [-0.15, -0.1) is 0 Å². The largest absolute Gasteiger partial charge is 0.362 e. The first-order valence-corrected chi connectivity index (χ1v) is 9.36. The molecule has 1 aliphatic rings. The molecule has 7 nitrogen and oxygen atoms in total. The Balaban J connectivity index is 2.11. The lowest BCUT2D eigenvalue weighted by Gasteiger charge is -2.32. The van der Waals surface area contributed by atoms with Crippen molar-refractivity contribution in [2.75, 3.05) is 18.0 Å². The van der Waals surface area contributed by atoms with Crippen molar-refractivity contribution >= 4 is 23.5 Å². The van der Waals surface area contributed by atoms with E-state index in [1.54, 1.807) is 0 Å². The fraction of sp³-hybridized carbons (Fsp3) is 0.550. The van der Waals surface area contributed by atoms with E-state index in [0.717, 1.165) is 24.1 Å². The molecule has 0 saturated heterocycles. The molecule has 4 amide bonds. The maximum absolute atomic E-state index is 12.5. The molecule has 148 valence electrons. The number of carbonyl (C=O) groups is 3. The summed E-state index contributed by atoms with van der Waals surface area (Å²) in [5, 5.41) is 8.00. The molecule has 0 unspecified atom stereocenters. The van der Waals surface area contributed by atoms with E-state index in [1.165, 1.54) is 0 Å². The van der Waals surface area contributed by atoms with Gasteiger partial charge in [-0.1, -0.05) is 6.07 Å². The molecule has 1 aromatic rings. The molecule has 0 bridgehead atoms. The number of benzene rings is 1. The number of anilines is 1. The van der Waals surface area contributed by atoms with Gasteiger partial charge in [0, 0.05) is 29.4 Å². The number of nitrogens with one attached hydrogen (secondary N) is 3. The molecular weight excluding hydrogens is 344 g/mol. The van der Waals surface area contributed by atoms with Gasteiger partial charge < -0.3 is 15.5 Å². The summed E-state index contributed by atoms with van der Waals surface area (Å²) < 4.78 is 0. The van der Waals surface area contributed by atoms with Crippen LogP contribution >= 0.6 is 0 Å². The van der Waals surface area contributed by atoms with Gasteiger partial charge in [0.15, 0.2) is 0 Å². The summed E-state index contributed by atoms with van der Waals surface area (Å²) in [7, 11) is 0. The molecule has 0 aromatic heterocycles. The van der Waals surface area contributed by atoms with Crippen LogP contribution in [0.1, 0.15) is 57.0 Å². The van der Waals surface area contributed by atoms with Gasteiger partial charge in [-0.2, -0.15) is 0 Å². The molecule has 1 aliphatic heterocycles. The van der Waals surface area contributed by atoms with Crippen LogP contribution in [0.3, 0.4) is 0 Å². The highest BCUT2D eigenvalue weighted by Crippen LogP contribution is 2.29. The predicted molar refractivity (Wildman–Crippen MR) is 106 cm³/mol. The van der Waals surface area contributed by atoms with Crippen LogP contribution in [0.2, 0.25) is 0 Å². The third kappa shape index (κ3) is 5.98. The third-order valence-corrected chi connectivity index (χ3v) is 4.09. The minimum atomic E-state index is -0.505. The molecule has 0 atom stereocenters. The van der Waals surface area contributed by atoms with Crippen LogP contribution < -0.4 is 20.9 Å². The van der Waals surface area contributed by atoms with Crippen LogP contribution in [-0.4, -0.2) is 42.5 Å². The normalized spacial score (nSPS) is 13.8. The number of nitrogens with zero attached hydrogens (tertiary/aromatic N) is 1. The van der Waals surface area contributed by atoms with Crippen LogP contribution in [-0.2, 0) is 11.2 Å². The van der Waals surface area contributed by atoms with E-state index in [2.05, 4.69) is 16.0 Å². The molecule has 3 N–H and O–H groups in total. The van der Waals surface area contributed by atoms with Crippen molar-refractivity contribution in [3.8, 4) is 0 Å². The molecule has 1 heterocycles.